The van der Waals surface area contributed by atoms with Crippen LogP contribution < -0.4 is 5.32 Å². The molecule has 2 aromatic rings. The molecule has 3 N–H and O–H groups in total. The van der Waals surface area contributed by atoms with E-state index in [1.54, 1.807) is 39.0 Å². The largest absolute Gasteiger partial charge is 0.508 e. The zero-order valence-electron chi connectivity index (χ0n) is 22.5. The highest BCUT2D eigenvalue weighted by atomic mass is 19.1. The van der Waals surface area contributed by atoms with Crippen LogP contribution in [0.5, 0.6) is 5.75 Å². The number of halogens is 1. The first-order valence-corrected chi connectivity index (χ1v) is 12.3. The summed E-state index contributed by atoms with van der Waals surface area (Å²) < 4.78 is 18.9. The maximum atomic E-state index is 13.9. The van der Waals surface area contributed by atoms with E-state index in [4.69, 9.17) is 4.74 Å². The van der Waals surface area contributed by atoms with Crippen LogP contribution in [0.25, 0.3) is 0 Å². The Morgan fingerprint density at radius 2 is 1.86 bits per heavy atom. The van der Waals surface area contributed by atoms with E-state index in [1.807, 2.05) is 32.9 Å². The van der Waals surface area contributed by atoms with Crippen molar-refractivity contribution in [2.75, 3.05) is 5.32 Å². The van der Waals surface area contributed by atoms with Gasteiger partial charge in [-0.25, -0.2) is 9.18 Å². The summed E-state index contributed by atoms with van der Waals surface area (Å²) in [7, 11) is 0. The number of aromatic hydroxyl groups is 1. The number of phenols is 1. The summed E-state index contributed by atoms with van der Waals surface area (Å²) in [5, 5.41) is 24.8. The number of carbonyl (C=O) groups is 2. The molecule has 0 saturated heterocycles. The summed E-state index contributed by atoms with van der Waals surface area (Å²) in [6.45, 7) is 15.1. The molecule has 0 fully saturated rings. The zero-order chi connectivity index (χ0) is 28.0. The first-order valence-electron chi connectivity index (χ1n) is 12.3. The Morgan fingerprint density at radius 3 is 2.46 bits per heavy atom. The summed E-state index contributed by atoms with van der Waals surface area (Å²) in [5.74, 6) is -2.20. The summed E-state index contributed by atoms with van der Waals surface area (Å²) in [6, 6.07) is 8.43. The molecule has 2 atom stereocenters. The first kappa shape index (κ1) is 29.8. The van der Waals surface area contributed by atoms with E-state index in [0.717, 1.165) is 11.6 Å². The molecule has 1 amide bonds. The van der Waals surface area contributed by atoms with Crippen LogP contribution in [-0.2, 0) is 21.6 Å². The summed E-state index contributed by atoms with van der Waals surface area (Å²) in [5.41, 5.74) is -0.197. The van der Waals surface area contributed by atoms with Crippen LogP contribution in [0.1, 0.15) is 75.9 Å². The molecule has 0 aromatic heterocycles. The van der Waals surface area contributed by atoms with Gasteiger partial charge in [-0.15, -0.1) is 6.58 Å². The lowest BCUT2D eigenvalue weighted by Crippen LogP contribution is -2.51. The van der Waals surface area contributed by atoms with Gasteiger partial charge in [0.25, 0.3) is 5.91 Å². The van der Waals surface area contributed by atoms with Crippen LogP contribution in [0, 0.1) is 11.7 Å². The van der Waals surface area contributed by atoms with Crippen molar-refractivity contribution in [1.82, 2.24) is 0 Å². The summed E-state index contributed by atoms with van der Waals surface area (Å²) in [4.78, 5) is 25.1. The SMILES string of the molecule is C/C=C\C.C=C(C)CC(C)C(O)(CC(C)(C)c1cc(F)ccc1O)C(=O)Nc1ccc2c(c1)COC2=O. The lowest BCUT2D eigenvalue weighted by atomic mass is 9.69. The number of benzene rings is 2. The van der Waals surface area contributed by atoms with E-state index in [0.29, 0.717) is 28.8 Å². The van der Waals surface area contributed by atoms with E-state index >= 15 is 0 Å². The first-order chi connectivity index (χ1) is 17.2. The van der Waals surface area contributed by atoms with Gasteiger partial charge in [0, 0.05) is 16.8 Å². The van der Waals surface area contributed by atoms with E-state index < -0.39 is 34.6 Å². The minimum absolute atomic E-state index is 0.0795. The fourth-order valence-corrected chi connectivity index (χ4v) is 4.44. The quantitative estimate of drug-likeness (QED) is 0.281. The number of fused-ring (bicyclic) bond motifs is 1. The fraction of sp³-hybridized carbons (Fsp3) is 0.400. The Hall–Kier alpha value is -3.45. The molecule has 200 valence electrons. The molecular weight excluding hydrogens is 473 g/mol. The van der Waals surface area contributed by atoms with E-state index in [1.165, 1.54) is 12.1 Å². The van der Waals surface area contributed by atoms with Crippen LogP contribution in [0.4, 0.5) is 10.1 Å². The highest BCUT2D eigenvalue weighted by Crippen LogP contribution is 2.41. The number of phenolic OH excluding ortho intramolecular Hbond substituents is 1. The van der Waals surface area contributed by atoms with Crippen molar-refractivity contribution in [3.63, 3.8) is 0 Å². The van der Waals surface area contributed by atoms with Crippen LogP contribution in [-0.4, -0.2) is 27.7 Å². The maximum Gasteiger partial charge on any atom is 0.338 e. The summed E-state index contributed by atoms with van der Waals surface area (Å²) >= 11 is 0. The predicted octanol–water partition coefficient (Wildman–Crippen LogP) is 6.42. The van der Waals surface area contributed by atoms with Crippen molar-refractivity contribution in [1.29, 1.82) is 0 Å². The van der Waals surface area contributed by atoms with Gasteiger partial charge in [-0.1, -0.05) is 38.5 Å². The maximum absolute atomic E-state index is 13.9. The molecular formula is C30H38FNO5. The highest BCUT2D eigenvalue weighted by molar-refractivity contribution is 5.99. The van der Waals surface area contributed by atoms with Crippen molar-refractivity contribution in [3.05, 3.63) is 83.2 Å². The van der Waals surface area contributed by atoms with E-state index in [-0.39, 0.29) is 18.8 Å². The summed E-state index contributed by atoms with van der Waals surface area (Å²) in [6.07, 6.45) is 4.31. The smallest absolute Gasteiger partial charge is 0.338 e. The molecule has 2 unspecified atom stereocenters. The molecule has 0 spiro atoms. The molecule has 37 heavy (non-hydrogen) atoms. The van der Waals surface area contributed by atoms with Crippen molar-refractivity contribution in [2.45, 2.75) is 72.0 Å². The molecule has 1 aliphatic rings. The minimum atomic E-state index is -1.87. The third-order valence-corrected chi connectivity index (χ3v) is 6.54. The van der Waals surface area contributed by atoms with Gasteiger partial charge in [-0.05, 0) is 81.3 Å². The van der Waals surface area contributed by atoms with Gasteiger partial charge in [0.1, 0.15) is 23.8 Å². The number of hydrogen-bond donors (Lipinski definition) is 3. The van der Waals surface area contributed by atoms with Gasteiger partial charge in [0.05, 0.1) is 5.56 Å². The molecule has 6 nitrogen and oxygen atoms in total. The predicted molar refractivity (Wildman–Crippen MR) is 144 cm³/mol. The average Bonchev–Trinajstić information content (AvgIpc) is 3.19. The Labute approximate surface area is 218 Å². The number of allylic oxidation sites excluding steroid dienone is 3. The number of hydrogen-bond acceptors (Lipinski definition) is 5. The second-order valence-electron chi connectivity index (χ2n) is 10.3. The van der Waals surface area contributed by atoms with Gasteiger partial charge >= 0.3 is 5.97 Å². The lowest BCUT2D eigenvalue weighted by Gasteiger charge is -2.39. The Morgan fingerprint density at radius 1 is 1.22 bits per heavy atom. The van der Waals surface area contributed by atoms with Crippen molar-refractivity contribution in [3.8, 4) is 5.75 Å². The van der Waals surface area contributed by atoms with Crippen molar-refractivity contribution in [2.24, 2.45) is 5.92 Å². The number of amides is 1. The molecule has 7 heteroatoms. The molecule has 0 bridgehead atoms. The molecule has 2 aromatic carbocycles. The number of aliphatic hydroxyl groups is 1. The van der Waals surface area contributed by atoms with E-state index in [2.05, 4.69) is 11.9 Å². The van der Waals surface area contributed by atoms with Crippen LogP contribution >= 0.6 is 0 Å². The number of ether oxygens (including phenoxy) is 1. The van der Waals surface area contributed by atoms with Gasteiger partial charge in [-0.2, -0.15) is 0 Å². The topological polar surface area (TPSA) is 95.9 Å². The lowest BCUT2D eigenvalue weighted by molar-refractivity contribution is -0.142. The number of anilines is 1. The Balaban J connectivity index is 0.00000112. The van der Waals surface area contributed by atoms with Gasteiger partial charge < -0.3 is 20.3 Å². The van der Waals surface area contributed by atoms with Gasteiger partial charge in [0.15, 0.2) is 0 Å². The van der Waals surface area contributed by atoms with Crippen LogP contribution in [0.15, 0.2) is 60.7 Å². The second kappa shape index (κ2) is 12.2. The molecule has 0 saturated carbocycles. The molecule has 0 radical (unpaired) electrons. The van der Waals surface area contributed by atoms with E-state index in [9.17, 15) is 24.2 Å². The third-order valence-electron chi connectivity index (χ3n) is 6.54. The van der Waals surface area contributed by atoms with Gasteiger partial charge in [-0.3, -0.25) is 4.79 Å². The third kappa shape index (κ3) is 7.29. The average molecular weight is 512 g/mol. The molecule has 1 aliphatic heterocycles. The number of nitrogens with one attached hydrogen (secondary N) is 1. The highest BCUT2D eigenvalue weighted by Gasteiger charge is 2.46. The second-order valence-corrected chi connectivity index (χ2v) is 10.3. The van der Waals surface area contributed by atoms with Gasteiger partial charge in [0.2, 0.25) is 0 Å². The number of rotatable bonds is 8. The normalized spacial score (nSPS) is 15.2. The van der Waals surface area contributed by atoms with Crippen molar-refractivity contribution >= 4 is 17.6 Å². The van der Waals surface area contributed by atoms with Crippen LogP contribution in [0.2, 0.25) is 0 Å². The number of carbonyl (C=O) groups excluding carboxylic acids is 2. The Kier molecular flexibility index (Phi) is 9.81. The standard InChI is InChI=1S/C26H30FNO5.C4H8/c1-15(2)10-16(3)26(32,14-25(4,5)21-12-18(27)6-9-22(21)29)24(31)28-19-7-8-20-17(11-19)13-33-23(20)30;1-3-4-2/h6-9,11-12,16,29,32H,1,10,13-14H2,2-5H3,(H,28,31);3-4H,1-2H3/b;4-3-. The molecule has 1 heterocycles. The van der Waals surface area contributed by atoms with Crippen LogP contribution in [0.3, 0.4) is 0 Å². The number of esters is 1. The Bertz CT molecular complexity index is 1180. The zero-order valence-corrected chi connectivity index (χ0v) is 22.5. The number of cyclic esters (lactones) is 1. The minimum Gasteiger partial charge on any atom is -0.508 e. The molecule has 0 aliphatic carbocycles. The monoisotopic (exact) mass is 511 g/mol. The van der Waals surface area contributed by atoms with Crippen molar-refractivity contribution < 1.29 is 28.9 Å². The molecule has 3 rings (SSSR count). The fourth-order valence-electron chi connectivity index (χ4n) is 4.44.